The van der Waals surface area contributed by atoms with Gasteiger partial charge in [-0.05, 0) is 49.7 Å². The summed E-state index contributed by atoms with van der Waals surface area (Å²) in [6.45, 7) is 5.80. The summed E-state index contributed by atoms with van der Waals surface area (Å²) in [5, 5.41) is 5.20. The van der Waals surface area contributed by atoms with Crippen LogP contribution < -0.4 is 20.3 Å². The maximum absolute atomic E-state index is 14.1. The van der Waals surface area contributed by atoms with Crippen LogP contribution in [0.15, 0.2) is 53.7 Å². The Bertz CT molecular complexity index is 1300. The molecule has 0 spiro atoms. The van der Waals surface area contributed by atoms with Crippen molar-refractivity contribution in [3.8, 4) is 5.75 Å². The summed E-state index contributed by atoms with van der Waals surface area (Å²) in [5.74, 6) is -2.24. The van der Waals surface area contributed by atoms with Crippen molar-refractivity contribution in [1.82, 2.24) is 20.4 Å². The van der Waals surface area contributed by atoms with Gasteiger partial charge in [-0.2, -0.15) is 0 Å². The second-order valence-electron chi connectivity index (χ2n) is 9.49. The molecule has 1 atom stereocenters. The van der Waals surface area contributed by atoms with E-state index in [4.69, 9.17) is 9.47 Å². The largest absolute Gasteiger partial charge is 0.495 e. The fourth-order valence-electron chi connectivity index (χ4n) is 5.01. The summed E-state index contributed by atoms with van der Waals surface area (Å²) in [7, 11) is 2.81. The normalized spacial score (nSPS) is 17.9. The Kier molecular flexibility index (Phi) is 9.20. The standard InChI is InChI=1S/C28H33F2N5O5/c1-18-24(26(36)40-3)25(19-9-10-20(29)21(30)17-19)35(28(38)32-18)27(37)31-11-6-12-33-13-15-34(16-14-33)22-7-4-5-8-23(22)39-2/h4-5,7-10,17,25H,6,11-16H2,1-3H3,(H,31,37)(H,32,38). The number of hydrogen-bond acceptors (Lipinski definition) is 7. The molecule has 0 radical (unpaired) electrons. The molecular formula is C28H33F2N5O5. The lowest BCUT2D eigenvalue weighted by Crippen LogP contribution is -2.54. The Balaban J connectivity index is 1.37. The van der Waals surface area contributed by atoms with Crippen LogP contribution in [0, 0.1) is 11.6 Å². The predicted octanol–water partition coefficient (Wildman–Crippen LogP) is 3.41. The number of nitrogens with one attached hydrogen (secondary N) is 2. The maximum Gasteiger partial charge on any atom is 0.337 e. The summed E-state index contributed by atoms with van der Waals surface area (Å²) in [4.78, 5) is 44.0. The van der Waals surface area contributed by atoms with Crippen molar-refractivity contribution in [2.24, 2.45) is 0 Å². The molecule has 10 nitrogen and oxygen atoms in total. The van der Waals surface area contributed by atoms with Crippen LogP contribution in [-0.2, 0) is 9.53 Å². The minimum Gasteiger partial charge on any atom is -0.495 e. The number of benzene rings is 2. The molecule has 2 aromatic carbocycles. The van der Waals surface area contributed by atoms with Gasteiger partial charge in [-0.15, -0.1) is 0 Å². The van der Waals surface area contributed by atoms with E-state index in [-0.39, 0.29) is 23.4 Å². The van der Waals surface area contributed by atoms with E-state index >= 15 is 0 Å². The van der Waals surface area contributed by atoms with E-state index in [1.54, 1.807) is 7.11 Å². The van der Waals surface area contributed by atoms with E-state index in [9.17, 15) is 23.2 Å². The van der Waals surface area contributed by atoms with Crippen LogP contribution in [-0.4, -0.2) is 81.3 Å². The van der Waals surface area contributed by atoms with E-state index < -0.39 is 35.7 Å². The van der Waals surface area contributed by atoms with E-state index in [1.807, 2.05) is 24.3 Å². The van der Waals surface area contributed by atoms with E-state index in [1.165, 1.54) is 13.0 Å². The number of esters is 1. The molecule has 1 fully saturated rings. The number of hydrogen-bond donors (Lipinski definition) is 2. The predicted molar refractivity (Wildman–Crippen MR) is 144 cm³/mol. The van der Waals surface area contributed by atoms with Crippen LogP contribution in [0.25, 0.3) is 0 Å². The highest BCUT2D eigenvalue weighted by Gasteiger charge is 2.42. The fraction of sp³-hybridized carbons (Fsp3) is 0.393. The number of halogens is 2. The van der Waals surface area contributed by atoms with Gasteiger partial charge in [0.15, 0.2) is 11.6 Å². The van der Waals surface area contributed by atoms with Crippen molar-refractivity contribution in [2.75, 3.05) is 58.4 Å². The molecule has 2 aliphatic rings. The molecule has 1 unspecified atom stereocenters. The third kappa shape index (κ3) is 6.17. The SMILES string of the molecule is COC(=O)C1=C(C)NC(=O)N(C(=O)NCCCN2CCN(c3ccccc3OC)CC2)C1c1ccc(F)c(F)c1. The van der Waals surface area contributed by atoms with Crippen LogP contribution in [0.3, 0.4) is 0 Å². The molecule has 2 aromatic rings. The average molecular weight is 558 g/mol. The van der Waals surface area contributed by atoms with Crippen LogP contribution >= 0.6 is 0 Å². The van der Waals surface area contributed by atoms with Gasteiger partial charge in [0.2, 0.25) is 0 Å². The second kappa shape index (κ2) is 12.8. The highest BCUT2D eigenvalue weighted by molar-refractivity contribution is 6.01. The number of carbonyl (C=O) groups excluding carboxylic acids is 3. The molecule has 2 N–H and O–H groups in total. The van der Waals surface area contributed by atoms with Crippen molar-refractivity contribution in [2.45, 2.75) is 19.4 Å². The Morgan fingerprint density at radius 1 is 1.05 bits per heavy atom. The first-order valence-electron chi connectivity index (χ1n) is 13.0. The molecule has 4 rings (SSSR count). The molecule has 1 saturated heterocycles. The van der Waals surface area contributed by atoms with Gasteiger partial charge in [-0.1, -0.05) is 18.2 Å². The van der Waals surface area contributed by atoms with Gasteiger partial charge in [0.25, 0.3) is 0 Å². The first kappa shape index (κ1) is 28.8. The van der Waals surface area contributed by atoms with E-state index in [2.05, 4.69) is 20.4 Å². The summed E-state index contributed by atoms with van der Waals surface area (Å²) >= 11 is 0. The maximum atomic E-state index is 14.1. The highest BCUT2D eigenvalue weighted by Crippen LogP contribution is 2.35. The summed E-state index contributed by atoms with van der Waals surface area (Å²) < 4.78 is 38.1. The van der Waals surface area contributed by atoms with Crippen LogP contribution in [0.5, 0.6) is 5.75 Å². The van der Waals surface area contributed by atoms with Crippen molar-refractivity contribution in [3.63, 3.8) is 0 Å². The topological polar surface area (TPSA) is 103 Å². The van der Waals surface area contributed by atoms with Gasteiger partial charge in [0.05, 0.1) is 25.5 Å². The van der Waals surface area contributed by atoms with Crippen molar-refractivity contribution in [3.05, 3.63) is 70.9 Å². The number of anilines is 1. The Labute approximate surface area is 231 Å². The molecule has 4 amide bonds. The number of methoxy groups -OCH3 is 2. The minimum absolute atomic E-state index is 0.0524. The zero-order valence-corrected chi connectivity index (χ0v) is 22.7. The zero-order chi connectivity index (χ0) is 28.8. The minimum atomic E-state index is -1.31. The van der Waals surface area contributed by atoms with Crippen LogP contribution in [0.2, 0.25) is 0 Å². The number of allylic oxidation sites excluding steroid dienone is 1. The Hall–Kier alpha value is -4.19. The van der Waals surface area contributed by atoms with Gasteiger partial charge < -0.3 is 25.0 Å². The van der Waals surface area contributed by atoms with E-state index in [0.717, 1.165) is 68.3 Å². The van der Waals surface area contributed by atoms with Gasteiger partial charge >= 0.3 is 18.0 Å². The summed E-state index contributed by atoms with van der Waals surface area (Å²) in [5.41, 5.74) is 1.21. The molecule has 0 saturated carbocycles. The quantitative estimate of drug-likeness (QED) is 0.379. The van der Waals surface area contributed by atoms with Crippen molar-refractivity contribution < 1.29 is 32.6 Å². The number of imide groups is 1. The number of piperazine rings is 1. The zero-order valence-electron chi connectivity index (χ0n) is 22.7. The number of amides is 4. The third-order valence-corrected chi connectivity index (χ3v) is 7.06. The molecule has 214 valence electrons. The molecule has 2 aliphatic heterocycles. The molecule has 0 aliphatic carbocycles. The van der Waals surface area contributed by atoms with Gasteiger partial charge in [-0.25, -0.2) is 28.1 Å². The lowest BCUT2D eigenvalue weighted by Gasteiger charge is -2.37. The third-order valence-electron chi connectivity index (χ3n) is 7.06. The Morgan fingerprint density at radius 2 is 1.77 bits per heavy atom. The smallest absolute Gasteiger partial charge is 0.337 e. The van der Waals surface area contributed by atoms with Gasteiger partial charge in [0, 0.05) is 38.4 Å². The summed E-state index contributed by atoms with van der Waals surface area (Å²) in [6.07, 6.45) is 0.616. The number of carbonyl (C=O) groups is 3. The second-order valence-corrected chi connectivity index (χ2v) is 9.49. The van der Waals surface area contributed by atoms with Gasteiger partial charge in [0.1, 0.15) is 11.8 Å². The first-order chi connectivity index (χ1) is 19.2. The molecule has 0 aromatic heterocycles. The number of rotatable bonds is 8. The lowest BCUT2D eigenvalue weighted by atomic mass is 9.94. The number of urea groups is 2. The number of para-hydroxylation sites is 2. The van der Waals surface area contributed by atoms with Crippen molar-refractivity contribution in [1.29, 1.82) is 0 Å². The number of ether oxygens (including phenoxy) is 2. The van der Waals surface area contributed by atoms with Crippen LogP contribution in [0.1, 0.15) is 24.9 Å². The van der Waals surface area contributed by atoms with Crippen LogP contribution in [0.4, 0.5) is 24.1 Å². The first-order valence-corrected chi connectivity index (χ1v) is 13.0. The molecule has 2 heterocycles. The fourth-order valence-corrected chi connectivity index (χ4v) is 5.01. The Morgan fingerprint density at radius 3 is 2.45 bits per heavy atom. The van der Waals surface area contributed by atoms with Crippen molar-refractivity contribution >= 4 is 23.7 Å². The highest BCUT2D eigenvalue weighted by atomic mass is 19.2. The molecule has 0 bridgehead atoms. The van der Waals surface area contributed by atoms with Gasteiger partial charge in [-0.3, -0.25) is 4.90 Å². The summed E-state index contributed by atoms with van der Waals surface area (Å²) in [6, 6.07) is 7.98. The lowest BCUT2D eigenvalue weighted by molar-refractivity contribution is -0.136. The molecule has 40 heavy (non-hydrogen) atoms. The number of nitrogens with zero attached hydrogens (tertiary/aromatic N) is 3. The van der Waals surface area contributed by atoms with E-state index in [0.29, 0.717) is 6.42 Å². The molecule has 12 heteroatoms. The molecular weight excluding hydrogens is 524 g/mol. The average Bonchev–Trinajstić information content (AvgIpc) is 2.96. The monoisotopic (exact) mass is 557 g/mol.